The van der Waals surface area contributed by atoms with Crippen molar-refractivity contribution in [1.82, 2.24) is 0 Å². The van der Waals surface area contributed by atoms with E-state index in [0.29, 0.717) is 22.8 Å². The average molecular weight is 411 g/mol. The summed E-state index contributed by atoms with van der Waals surface area (Å²) in [5, 5.41) is 14.2. The summed E-state index contributed by atoms with van der Waals surface area (Å²) in [6.45, 7) is 0.0919. The van der Waals surface area contributed by atoms with Gasteiger partial charge in [-0.2, -0.15) is 0 Å². The van der Waals surface area contributed by atoms with Crippen LogP contribution in [0.4, 0.5) is 5.69 Å². The lowest BCUT2D eigenvalue weighted by molar-refractivity contribution is -0.384. The third-order valence-corrected chi connectivity index (χ3v) is 3.89. The monoisotopic (exact) mass is 411 g/mol. The number of amidine groups is 1. The van der Waals surface area contributed by atoms with Gasteiger partial charge in [-0.05, 0) is 36.4 Å². The Bertz CT molecular complexity index is 1070. The minimum Gasteiger partial charge on any atom is -0.497 e. The fourth-order valence-corrected chi connectivity index (χ4v) is 2.35. The molecule has 154 valence electrons. The Labute approximate surface area is 170 Å². The highest BCUT2D eigenvalue weighted by atomic mass is 16.7. The maximum absolute atomic E-state index is 12.1. The largest absolute Gasteiger partial charge is 0.497 e. The molecule has 10 nitrogen and oxygen atoms in total. The molecule has 0 amide bonds. The lowest BCUT2D eigenvalue weighted by atomic mass is 10.2. The molecule has 10 heteroatoms. The number of furan rings is 1. The van der Waals surface area contributed by atoms with Gasteiger partial charge in [-0.3, -0.25) is 10.1 Å². The molecule has 3 rings (SSSR count). The molecule has 0 bridgehead atoms. The zero-order valence-electron chi connectivity index (χ0n) is 15.8. The summed E-state index contributed by atoms with van der Waals surface area (Å²) < 4.78 is 16.1. The van der Waals surface area contributed by atoms with Crippen LogP contribution in [0.15, 0.2) is 70.2 Å². The highest BCUT2D eigenvalue weighted by Gasteiger charge is 2.14. The summed E-state index contributed by atoms with van der Waals surface area (Å²) >= 11 is 0. The fourth-order valence-electron chi connectivity index (χ4n) is 2.35. The van der Waals surface area contributed by atoms with E-state index in [0.717, 1.165) is 0 Å². The van der Waals surface area contributed by atoms with E-state index in [9.17, 15) is 14.9 Å². The number of nitrogens with zero attached hydrogens (tertiary/aromatic N) is 2. The van der Waals surface area contributed by atoms with Crippen molar-refractivity contribution in [2.24, 2.45) is 10.9 Å². The smallest absolute Gasteiger partial charge is 0.400 e. The summed E-state index contributed by atoms with van der Waals surface area (Å²) in [5.74, 6) is 0.575. The Morgan fingerprint density at radius 2 is 1.87 bits per heavy atom. The van der Waals surface area contributed by atoms with Crippen molar-refractivity contribution in [3.8, 4) is 11.5 Å². The predicted molar refractivity (Wildman–Crippen MR) is 105 cm³/mol. The molecule has 0 aliphatic carbocycles. The molecular weight excluding hydrogens is 394 g/mol. The topological polar surface area (TPSA) is 139 Å². The number of carbonyl (C=O) groups excluding carboxylic acids is 1. The highest BCUT2D eigenvalue weighted by molar-refractivity contribution is 5.98. The van der Waals surface area contributed by atoms with Crippen LogP contribution in [0.1, 0.15) is 21.9 Å². The van der Waals surface area contributed by atoms with Crippen LogP contribution in [0.2, 0.25) is 0 Å². The number of non-ortho nitro benzene ring substituents is 1. The molecule has 2 aromatic carbocycles. The van der Waals surface area contributed by atoms with Gasteiger partial charge in [0.2, 0.25) is 5.76 Å². The number of hydrogen-bond acceptors (Lipinski definition) is 8. The van der Waals surface area contributed by atoms with Crippen molar-refractivity contribution in [3.63, 3.8) is 0 Å². The second-order valence-corrected chi connectivity index (χ2v) is 5.89. The first-order valence-corrected chi connectivity index (χ1v) is 8.61. The molecule has 1 aromatic heterocycles. The predicted octanol–water partition coefficient (Wildman–Crippen LogP) is 3.25. The molecule has 0 aliphatic rings. The minimum atomic E-state index is -0.854. The average Bonchev–Trinajstić information content (AvgIpc) is 3.25. The lowest BCUT2D eigenvalue weighted by Gasteiger charge is -2.05. The first-order chi connectivity index (χ1) is 14.5. The second-order valence-electron chi connectivity index (χ2n) is 5.89. The van der Waals surface area contributed by atoms with E-state index in [-0.39, 0.29) is 23.9 Å². The van der Waals surface area contributed by atoms with Gasteiger partial charge in [-0.1, -0.05) is 11.2 Å². The summed E-state index contributed by atoms with van der Waals surface area (Å²) in [7, 11) is 1.56. The van der Waals surface area contributed by atoms with Crippen LogP contribution in [-0.2, 0) is 11.4 Å². The van der Waals surface area contributed by atoms with Gasteiger partial charge in [0, 0.05) is 23.8 Å². The first-order valence-electron chi connectivity index (χ1n) is 8.61. The maximum Gasteiger partial charge on any atom is 0.400 e. The molecule has 0 saturated carbocycles. The van der Waals surface area contributed by atoms with Crippen molar-refractivity contribution in [2.75, 3.05) is 7.11 Å². The molecule has 30 heavy (non-hydrogen) atoms. The van der Waals surface area contributed by atoms with Crippen LogP contribution in [0.25, 0.3) is 0 Å². The third kappa shape index (κ3) is 5.13. The Kier molecular flexibility index (Phi) is 6.28. The number of carbonyl (C=O) groups is 1. The Hall–Kier alpha value is -4.34. The van der Waals surface area contributed by atoms with E-state index in [2.05, 4.69) is 5.16 Å². The molecule has 1 heterocycles. The normalized spacial score (nSPS) is 11.0. The Morgan fingerprint density at radius 1 is 1.13 bits per heavy atom. The van der Waals surface area contributed by atoms with E-state index in [1.54, 1.807) is 37.4 Å². The number of ether oxygens (including phenoxy) is 2. The lowest BCUT2D eigenvalue weighted by Crippen LogP contribution is -2.15. The van der Waals surface area contributed by atoms with Crippen molar-refractivity contribution < 1.29 is 28.4 Å². The Balaban J connectivity index is 1.57. The van der Waals surface area contributed by atoms with Gasteiger partial charge < -0.3 is 24.5 Å². The number of rotatable bonds is 8. The molecule has 3 aromatic rings. The van der Waals surface area contributed by atoms with Gasteiger partial charge in [0.05, 0.1) is 12.0 Å². The Morgan fingerprint density at radius 3 is 2.57 bits per heavy atom. The number of benzene rings is 2. The molecular formula is C20H17N3O7. The van der Waals surface area contributed by atoms with Gasteiger partial charge in [-0.25, -0.2) is 4.79 Å². The number of methoxy groups -OCH3 is 1. The van der Waals surface area contributed by atoms with Crippen LogP contribution in [0, 0.1) is 10.1 Å². The molecule has 2 N–H and O–H groups in total. The number of oxime groups is 1. The van der Waals surface area contributed by atoms with E-state index in [1.807, 2.05) is 0 Å². The molecule has 0 saturated heterocycles. The maximum atomic E-state index is 12.1. The van der Waals surface area contributed by atoms with E-state index in [4.69, 9.17) is 24.5 Å². The van der Waals surface area contributed by atoms with Crippen molar-refractivity contribution >= 4 is 17.5 Å². The van der Waals surface area contributed by atoms with Crippen LogP contribution in [-0.4, -0.2) is 23.8 Å². The van der Waals surface area contributed by atoms with Gasteiger partial charge in [0.1, 0.15) is 23.9 Å². The van der Waals surface area contributed by atoms with Gasteiger partial charge in [-0.15, -0.1) is 0 Å². The number of nitro benzene ring substituents is 1. The quantitative estimate of drug-likeness (QED) is 0.196. The third-order valence-electron chi connectivity index (χ3n) is 3.89. The van der Waals surface area contributed by atoms with Crippen LogP contribution >= 0.6 is 0 Å². The standard InChI is InChI=1S/C20H17N3O7/c1-27-15-3-2-4-16(11-15)28-12-17-9-10-18(29-17)20(24)30-22-19(21)13-5-7-14(8-6-13)23(25)26/h2-11H,12H2,1H3,(H2,21,22). The summed E-state index contributed by atoms with van der Waals surface area (Å²) in [4.78, 5) is 27.0. The van der Waals surface area contributed by atoms with Crippen LogP contribution in [0.5, 0.6) is 11.5 Å². The van der Waals surface area contributed by atoms with E-state index < -0.39 is 10.9 Å². The molecule has 0 radical (unpaired) electrons. The van der Waals surface area contributed by atoms with Gasteiger partial charge in [0.15, 0.2) is 5.84 Å². The molecule has 0 aliphatic heterocycles. The van der Waals surface area contributed by atoms with Gasteiger partial charge >= 0.3 is 5.97 Å². The van der Waals surface area contributed by atoms with Gasteiger partial charge in [0.25, 0.3) is 5.69 Å². The number of nitrogens with two attached hydrogens (primary N) is 1. The fraction of sp³-hybridized carbons (Fsp3) is 0.100. The zero-order chi connectivity index (χ0) is 21.5. The molecule has 0 atom stereocenters. The second kappa shape index (κ2) is 9.24. The van der Waals surface area contributed by atoms with Crippen molar-refractivity contribution in [3.05, 3.63) is 87.9 Å². The highest BCUT2D eigenvalue weighted by Crippen LogP contribution is 2.20. The van der Waals surface area contributed by atoms with E-state index >= 15 is 0 Å². The molecule has 0 unspecified atom stereocenters. The SMILES string of the molecule is COc1cccc(OCc2ccc(C(=O)O/N=C(\N)c3ccc([N+](=O)[O-])cc3)o2)c1. The summed E-state index contributed by atoms with van der Waals surface area (Å²) in [6, 6.07) is 15.4. The van der Waals surface area contributed by atoms with Crippen molar-refractivity contribution in [2.45, 2.75) is 6.61 Å². The van der Waals surface area contributed by atoms with Crippen molar-refractivity contribution in [1.29, 1.82) is 0 Å². The van der Waals surface area contributed by atoms with Crippen LogP contribution < -0.4 is 15.2 Å². The number of hydrogen-bond donors (Lipinski definition) is 1. The summed E-state index contributed by atoms with van der Waals surface area (Å²) in [6.07, 6.45) is 0. The van der Waals surface area contributed by atoms with Crippen LogP contribution in [0.3, 0.4) is 0 Å². The first kappa shape index (κ1) is 20.4. The molecule has 0 fully saturated rings. The zero-order valence-corrected chi connectivity index (χ0v) is 15.8. The molecule has 0 spiro atoms. The minimum absolute atomic E-state index is 0.0838. The number of nitro groups is 1. The van der Waals surface area contributed by atoms with E-state index in [1.165, 1.54) is 30.3 Å². The summed E-state index contributed by atoms with van der Waals surface area (Å²) in [5.41, 5.74) is 6.00.